The van der Waals surface area contributed by atoms with Crippen molar-refractivity contribution in [1.29, 1.82) is 0 Å². The largest absolute Gasteiger partial charge is 0.481 e. The molecule has 0 radical (unpaired) electrons. The van der Waals surface area contributed by atoms with Crippen molar-refractivity contribution in [3.8, 4) is 0 Å². The van der Waals surface area contributed by atoms with Crippen LogP contribution in [0.5, 0.6) is 0 Å². The van der Waals surface area contributed by atoms with Crippen molar-refractivity contribution in [2.45, 2.75) is 50.8 Å². The highest BCUT2D eigenvalue weighted by Crippen LogP contribution is 2.23. The number of carboxylic acids is 1. The summed E-state index contributed by atoms with van der Waals surface area (Å²) in [6.07, 6.45) is 1.95. The first-order valence-electron chi connectivity index (χ1n) is 5.92. The van der Waals surface area contributed by atoms with Gasteiger partial charge in [-0.25, -0.2) is 0 Å². The molecule has 0 aromatic rings. The molecule has 1 aliphatic carbocycles. The van der Waals surface area contributed by atoms with Crippen molar-refractivity contribution >= 4 is 11.9 Å². The Bertz CT molecular complexity index is 277. The second-order valence-electron chi connectivity index (χ2n) is 4.29. The number of ether oxygens (including phenoxy) is 1. The Hall–Kier alpha value is -1.14. The first-order valence-corrected chi connectivity index (χ1v) is 5.92. The van der Waals surface area contributed by atoms with Gasteiger partial charge in [-0.05, 0) is 26.2 Å². The molecule has 1 aliphatic rings. The number of nitrogens with two attached hydrogens (primary N) is 1. The molecule has 0 saturated heterocycles. The zero-order valence-electron chi connectivity index (χ0n) is 10.0. The van der Waals surface area contributed by atoms with Gasteiger partial charge >= 0.3 is 5.97 Å². The molecule has 0 heterocycles. The van der Waals surface area contributed by atoms with Crippen LogP contribution in [-0.4, -0.2) is 41.8 Å². The first-order chi connectivity index (χ1) is 8.02. The number of nitrogens with one attached hydrogen (secondary N) is 1. The van der Waals surface area contributed by atoms with Crippen molar-refractivity contribution in [3.63, 3.8) is 0 Å². The van der Waals surface area contributed by atoms with Crippen LogP contribution in [0.2, 0.25) is 0 Å². The maximum Gasteiger partial charge on any atom is 0.303 e. The summed E-state index contributed by atoms with van der Waals surface area (Å²) < 4.78 is 5.37. The minimum absolute atomic E-state index is 0.0825. The molecule has 0 spiro atoms. The van der Waals surface area contributed by atoms with Crippen molar-refractivity contribution in [3.05, 3.63) is 0 Å². The van der Waals surface area contributed by atoms with Crippen LogP contribution in [0.1, 0.15) is 32.6 Å². The summed E-state index contributed by atoms with van der Waals surface area (Å²) in [6, 6.07) is -0.618. The number of carbonyl (C=O) groups is 2. The van der Waals surface area contributed by atoms with Crippen LogP contribution in [0.4, 0.5) is 0 Å². The molecular weight excluding hydrogens is 224 g/mol. The molecule has 0 aromatic heterocycles. The van der Waals surface area contributed by atoms with Crippen molar-refractivity contribution in [2.75, 3.05) is 6.61 Å². The summed E-state index contributed by atoms with van der Waals surface area (Å²) in [7, 11) is 0. The van der Waals surface area contributed by atoms with Crippen molar-refractivity contribution in [2.24, 2.45) is 5.73 Å². The predicted molar refractivity (Wildman–Crippen MR) is 61.4 cm³/mol. The lowest BCUT2D eigenvalue weighted by molar-refractivity contribution is -0.137. The monoisotopic (exact) mass is 244 g/mol. The quantitative estimate of drug-likeness (QED) is 0.578. The van der Waals surface area contributed by atoms with Gasteiger partial charge in [-0.2, -0.15) is 0 Å². The van der Waals surface area contributed by atoms with E-state index in [2.05, 4.69) is 5.32 Å². The van der Waals surface area contributed by atoms with Gasteiger partial charge in [-0.15, -0.1) is 0 Å². The Morgan fingerprint density at radius 3 is 2.71 bits per heavy atom. The van der Waals surface area contributed by atoms with Crippen LogP contribution in [0.3, 0.4) is 0 Å². The number of hydrogen-bond acceptors (Lipinski definition) is 4. The highest BCUT2D eigenvalue weighted by Gasteiger charge is 2.31. The summed E-state index contributed by atoms with van der Waals surface area (Å²) in [5.74, 6) is -1.21. The molecule has 1 rings (SSSR count). The van der Waals surface area contributed by atoms with E-state index in [-0.39, 0.29) is 30.9 Å². The first kappa shape index (κ1) is 13.9. The van der Waals surface area contributed by atoms with Crippen molar-refractivity contribution < 1.29 is 19.4 Å². The maximum absolute atomic E-state index is 11.6. The Morgan fingerprint density at radius 1 is 1.53 bits per heavy atom. The van der Waals surface area contributed by atoms with Crippen LogP contribution in [0, 0.1) is 0 Å². The molecule has 6 heteroatoms. The lowest BCUT2D eigenvalue weighted by Crippen LogP contribution is -2.52. The summed E-state index contributed by atoms with van der Waals surface area (Å²) in [5.41, 5.74) is 5.58. The van der Waals surface area contributed by atoms with Gasteiger partial charge < -0.3 is 20.9 Å². The highest BCUT2D eigenvalue weighted by molar-refractivity contribution is 5.82. The molecule has 4 N–H and O–H groups in total. The fraction of sp³-hybridized carbons (Fsp3) is 0.818. The average Bonchev–Trinajstić information content (AvgIpc) is 2.22. The Balaban J connectivity index is 2.15. The number of amides is 1. The smallest absolute Gasteiger partial charge is 0.303 e. The third kappa shape index (κ3) is 4.70. The predicted octanol–water partition coefficient (Wildman–Crippen LogP) is -0.138. The lowest BCUT2D eigenvalue weighted by atomic mass is 9.89. The number of carbonyl (C=O) groups excluding carboxylic acids is 1. The van der Waals surface area contributed by atoms with Gasteiger partial charge in [0.05, 0.1) is 12.1 Å². The van der Waals surface area contributed by atoms with E-state index in [1.807, 2.05) is 6.92 Å². The second-order valence-corrected chi connectivity index (χ2v) is 4.29. The van der Waals surface area contributed by atoms with E-state index in [1.54, 1.807) is 0 Å². The van der Waals surface area contributed by atoms with Crippen LogP contribution < -0.4 is 11.1 Å². The zero-order valence-corrected chi connectivity index (χ0v) is 10.0. The van der Waals surface area contributed by atoms with Crippen LogP contribution in [0.25, 0.3) is 0 Å². The van der Waals surface area contributed by atoms with Crippen LogP contribution >= 0.6 is 0 Å². The maximum atomic E-state index is 11.6. The minimum atomic E-state index is -0.937. The number of carboxylic acid groups (broad SMARTS) is 1. The fourth-order valence-corrected chi connectivity index (χ4v) is 1.77. The normalized spacial score (nSPS) is 24.8. The molecule has 17 heavy (non-hydrogen) atoms. The minimum Gasteiger partial charge on any atom is -0.481 e. The third-order valence-corrected chi connectivity index (χ3v) is 2.85. The van der Waals surface area contributed by atoms with E-state index in [9.17, 15) is 9.59 Å². The molecule has 0 aromatic carbocycles. The van der Waals surface area contributed by atoms with E-state index in [1.165, 1.54) is 0 Å². The molecule has 1 fully saturated rings. The van der Waals surface area contributed by atoms with Crippen LogP contribution in [-0.2, 0) is 14.3 Å². The molecule has 0 aliphatic heterocycles. The van der Waals surface area contributed by atoms with Crippen LogP contribution in [0.15, 0.2) is 0 Å². The van der Waals surface area contributed by atoms with Gasteiger partial charge in [0, 0.05) is 19.1 Å². The number of hydrogen-bond donors (Lipinski definition) is 3. The highest BCUT2D eigenvalue weighted by atomic mass is 16.5. The topological polar surface area (TPSA) is 102 Å². The molecule has 98 valence electrons. The molecule has 0 bridgehead atoms. The molecule has 1 atom stereocenters. The van der Waals surface area contributed by atoms with E-state index >= 15 is 0 Å². The summed E-state index contributed by atoms with van der Waals surface area (Å²) in [4.78, 5) is 21.9. The lowest BCUT2D eigenvalue weighted by Gasteiger charge is -2.35. The summed E-state index contributed by atoms with van der Waals surface area (Å²) >= 11 is 0. The third-order valence-electron chi connectivity index (χ3n) is 2.85. The molecular formula is C11H20N2O4. The second kappa shape index (κ2) is 6.56. The van der Waals surface area contributed by atoms with E-state index < -0.39 is 12.0 Å². The van der Waals surface area contributed by atoms with Gasteiger partial charge in [-0.3, -0.25) is 9.59 Å². The fourth-order valence-electron chi connectivity index (χ4n) is 1.77. The summed E-state index contributed by atoms with van der Waals surface area (Å²) in [6.45, 7) is 2.62. The molecule has 1 amide bonds. The Kier molecular flexibility index (Phi) is 5.37. The number of aliphatic carboxylic acids is 1. The summed E-state index contributed by atoms with van der Waals surface area (Å²) in [5, 5.41) is 11.3. The zero-order chi connectivity index (χ0) is 12.8. The SMILES string of the molecule is CCOC1CC(NC(=O)C(N)CCC(=O)O)C1. The van der Waals surface area contributed by atoms with Gasteiger partial charge in [0.15, 0.2) is 0 Å². The van der Waals surface area contributed by atoms with Gasteiger partial charge in [0.1, 0.15) is 0 Å². The number of rotatable bonds is 7. The van der Waals surface area contributed by atoms with E-state index in [0.717, 1.165) is 12.8 Å². The van der Waals surface area contributed by atoms with Gasteiger partial charge in [0.2, 0.25) is 5.91 Å². The standard InChI is InChI=1S/C11H20N2O4/c1-2-17-8-5-7(6-8)13-11(16)9(12)3-4-10(14)15/h7-9H,2-6,12H2,1H3,(H,13,16)(H,14,15). The van der Waals surface area contributed by atoms with E-state index in [4.69, 9.17) is 15.6 Å². The molecule has 1 unspecified atom stereocenters. The van der Waals surface area contributed by atoms with E-state index in [0.29, 0.717) is 6.61 Å². The Morgan fingerprint density at radius 2 is 2.18 bits per heavy atom. The Labute approximate surface area is 101 Å². The average molecular weight is 244 g/mol. The molecule has 6 nitrogen and oxygen atoms in total. The van der Waals surface area contributed by atoms with Crippen molar-refractivity contribution in [1.82, 2.24) is 5.32 Å². The van der Waals surface area contributed by atoms with Gasteiger partial charge in [0.25, 0.3) is 0 Å². The van der Waals surface area contributed by atoms with Gasteiger partial charge in [-0.1, -0.05) is 0 Å². The molecule has 1 saturated carbocycles.